The Bertz CT molecular complexity index is 800. The zero-order chi connectivity index (χ0) is 16.2. The summed E-state index contributed by atoms with van der Waals surface area (Å²) in [5.41, 5.74) is 0.537. The minimum Gasteiger partial charge on any atom is -0.222 e. The fourth-order valence-electron chi connectivity index (χ4n) is 1.90. The van der Waals surface area contributed by atoms with E-state index < -0.39 is 25.3 Å². The van der Waals surface area contributed by atoms with Crippen LogP contribution in [0.3, 0.4) is 0 Å². The van der Waals surface area contributed by atoms with Gasteiger partial charge in [0.1, 0.15) is 9.46 Å². The van der Waals surface area contributed by atoms with Gasteiger partial charge in [-0.05, 0) is 17.0 Å². The summed E-state index contributed by atoms with van der Waals surface area (Å²) in [6.45, 7) is -0.243. The Balaban J connectivity index is 2.39. The summed E-state index contributed by atoms with van der Waals surface area (Å²) < 4.78 is 53.2. The van der Waals surface area contributed by atoms with Gasteiger partial charge in [0.2, 0.25) is 0 Å². The Morgan fingerprint density at radius 1 is 1.05 bits per heavy atom. The van der Waals surface area contributed by atoms with Crippen LogP contribution in [0.2, 0.25) is 0 Å². The predicted molar refractivity (Wildman–Crippen MR) is 86.7 cm³/mol. The third kappa shape index (κ3) is 3.93. The van der Waals surface area contributed by atoms with Crippen LogP contribution in [0, 0.1) is 0 Å². The third-order valence-corrected chi connectivity index (χ3v) is 7.67. The second-order valence-corrected chi connectivity index (χ2v) is 9.44. The van der Waals surface area contributed by atoms with Crippen molar-refractivity contribution in [1.82, 2.24) is 9.44 Å². The summed E-state index contributed by atoms with van der Waals surface area (Å²) in [4.78, 5) is 0. The minimum absolute atomic E-state index is 0.213. The smallest absolute Gasteiger partial charge is 0.222 e. The summed E-state index contributed by atoms with van der Waals surface area (Å²) >= 11 is 1.11. The van der Waals surface area contributed by atoms with Crippen LogP contribution in [0.1, 0.15) is 10.8 Å². The molecule has 2 N–H and O–H groups in total. The van der Waals surface area contributed by atoms with Gasteiger partial charge in [0.25, 0.3) is 10.2 Å². The molecule has 0 radical (unpaired) electrons. The van der Waals surface area contributed by atoms with E-state index in [2.05, 4.69) is 9.44 Å². The van der Waals surface area contributed by atoms with Gasteiger partial charge in [-0.25, -0.2) is 17.9 Å². The second-order valence-electron chi connectivity index (χ2n) is 4.43. The van der Waals surface area contributed by atoms with Crippen LogP contribution in [0.4, 0.5) is 0 Å². The van der Waals surface area contributed by atoms with Crippen LogP contribution in [-0.4, -0.2) is 30.4 Å². The van der Waals surface area contributed by atoms with Crippen LogP contribution in [0.25, 0.3) is 0 Å². The van der Waals surface area contributed by atoms with Crippen molar-refractivity contribution in [2.75, 3.05) is 13.6 Å². The molecule has 1 aromatic heterocycles. The molecule has 0 aliphatic heterocycles. The first-order valence-corrected chi connectivity index (χ1v) is 10.3. The van der Waals surface area contributed by atoms with Crippen molar-refractivity contribution >= 4 is 31.4 Å². The first kappa shape index (κ1) is 17.1. The van der Waals surface area contributed by atoms with E-state index in [-0.39, 0.29) is 10.8 Å². The first-order valence-electron chi connectivity index (χ1n) is 6.37. The summed E-state index contributed by atoms with van der Waals surface area (Å²) in [6.07, 6.45) is 0. The van der Waals surface area contributed by atoms with E-state index in [4.69, 9.17) is 0 Å². The summed E-state index contributed by atoms with van der Waals surface area (Å²) in [5, 5.41) is 0.683. The van der Waals surface area contributed by atoms with E-state index in [9.17, 15) is 16.8 Å². The highest BCUT2D eigenvalue weighted by Crippen LogP contribution is 2.31. The van der Waals surface area contributed by atoms with Crippen molar-refractivity contribution in [3.63, 3.8) is 0 Å². The number of thiophene rings is 1. The second kappa shape index (κ2) is 6.88. The summed E-state index contributed by atoms with van der Waals surface area (Å²) in [5.74, 6) is 0. The van der Waals surface area contributed by atoms with Gasteiger partial charge < -0.3 is 0 Å². The lowest BCUT2D eigenvalue weighted by molar-refractivity contribution is 0.564. The average Bonchev–Trinajstić information content (AvgIpc) is 3.03. The van der Waals surface area contributed by atoms with Crippen LogP contribution in [0.15, 0.2) is 52.1 Å². The number of benzene rings is 1. The molecule has 9 heteroatoms. The summed E-state index contributed by atoms with van der Waals surface area (Å²) in [7, 11) is -6.13. The SMILES string of the molecule is CNS(=O)(=O)NCC(c1ccccc1)S(=O)(=O)c1cccs1. The molecule has 22 heavy (non-hydrogen) atoms. The molecular weight excluding hydrogens is 344 g/mol. The monoisotopic (exact) mass is 360 g/mol. The molecule has 0 aliphatic rings. The predicted octanol–water partition coefficient (Wildman–Crippen LogP) is 1.32. The number of rotatable bonds is 7. The molecule has 2 rings (SSSR count). The van der Waals surface area contributed by atoms with Crippen molar-refractivity contribution in [2.24, 2.45) is 0 Å². The Morgan fingerprint density at radius 3 is 2.27 bits per heavy atom. The molecule has 6 nitrogen and oxygen atoms in total. The highest BCUT2D eigenvalue weighted by Gasteiger charge is 2.30. The fourth-order valence-corrected chi connectivity index (χ4v) is 5.40. The fraction of sp³-hybridized carbons (Fsp3) is 0.231. The lowest BCUT2D eigenvalue weighted by Crippen LogP contribution is -2.38. The van der Waals surface area contributed by atoms with E-state index in [1.165, 1.54) is 13.1 Å². The molecule has 0 amide bonds. The van der Waals surface area contributed by atoms with Crippen LogP contribution in [-0.2, 0) is 20.0 Å². The van der Waals surface area contributed by atoms with Crippen molar-refractivity contribution in [3.8, 4) is 0 Å². The van der Waals surface area contributed by atoms with Gasteiger partial charge in [-0.1, -0.05) is 36.4 Å². The van der Waals surface area contributed by atoms with Gasteiger partial charge in [0.05, 0.1) is 0 Å². The van der Waals surface area contributed by atoms with Crippen molar-refractivity contribution in [3.05, 3.63) is 53.4 Å². The standard InChI is InChI=1S/C13H16N2O4S3/c1-14-22(18,19)15-10-12(11-6-3-2-4-7-11)21(16,17)13-8-5-9-20-13/h2-9,12,14-15H,10H2,1H3. The normalized spacial score (nSPS) is 13.9. The van der Waals surface area contributed by atoms with Gasteiger partial charge in [-0.15, -0.1) is 11.3 Å². The molecule has 0 saturated heterocycles. The van der Waals surface area contributed by atoms with Crippen LogP contribution in [0.5, 0.6) is 0 Å². The molecule has 0 aliphatic carbocycles. The lowest BCUT2D eigenvalue weighted by Gasteiger charge is -2.18. The van der Waals surface area contributed by atoms with Crippen molar-refractivity contribution in [1.29, 1.82) is 0 Å². The quantitative estimate of drug-likeness (QED) is 0.779. The molecule has 1 atom stereocenters. The molecule has 0 fully saturated rings. The zero-order valence-electron chi connectivity index (χ0n) is 11.8. The van der Waals surface area contributed by atoms with Crippen molar-refractivity contribution < 1.29 is 16.8 Å². The molecule has 1 unspecified atom stereocenters. The topological polar surface area (TPSA) is 92.3 Å². The highest BCUT2D eigenvalue weighted by atomic mass is 32.2. The van der Waals surface area contributed by atoms with E-state index in [1.54, 1.807) is 41.8 Å². The van der Waals surface area contributed by atoms with Gasteiger partial charge >= 0.3 is 0 Å². The van der Waals surface area contributed by atoms with Crippen LogP contribution < -0.4 is 9.44 Å². The number of sulfone groups is 1. The van der Waals surface area contributed by atoms with E-state index in [1.807, 2.05) is 0 Å². The van der Waals surface area contributed by atoms with E-state index >= 15 is 0 Å². The zero-order valence-corrected chi connectivity index (χ0v) is 14.2. The molecule has 1 heterocycles. The molecule has 0 saturated carbocycles. The maximum atomic E-state index is 12.8. The van der Waals surface area contributed by atoms with E-state index in [0.717, 1.165) is 11.3 Å². The maximum Gasteiger partial charge on any atom is 0.276 e. The average molecular weight is 360 g/mol. The largest absolute Gasteiger partial charge is 0.276 e. The Hall–Kier alpha value is -1.26. The summed E-state index contributed by atoms with van der Waals surface area (Å²) in [6, 6.07) is 11.7. The molecular formula is C13H16N2O4S3. The highest BCUT2D eigenvalue weighted by molar-refractivity contribution is 7.93. The Labute approximate surface area is 134 Å². The Kier molecular flexibility index (Phi) is 5.35. The third-order valence-electron chi connectivity index (χ3n) is 3.05. The lowest BCUT2D eigenvalue weighted by atomic mass is 10.1. The number of nitrogens with one attached hydrogen (secondary N) is 2. The van der Waals surface area contributed by atoms with Crippen LogP contribution >= 0.6 is 11.3 Å². The Morgan fingerprint density at radius 2 is 1.73 bits per heavy atom. The molecule has 2 aromatic rings. The van der Waals surface area contributed by atoms with Gasteiger partial charge in [-0.2, -0.15) is 8.42 Å². The molecule has 0 bridgehead atoms. The number of hydrogen-bond acceptors (Lipinski definition) is 5. The molecule has 120 valence electrons. The molecule has 0 spiro atoms. The maximum absolute atomic E-state index is 12.8. The van der Waals surface area contributed by atoms with Crippen molar-refractivity contribution in [2.45, 2.75) is 9.46 Å². The minimum atomic E-state index is -3.71. The first-order chi connectivity index (χ1) is 10.4. The van der Waals surface area contributed by atoms with Gasteiger partial charge in [0.15, 0.2) is 9.84 Å². The van der Waals surface area contributed by atoms with E-state index in [0.29, 0.717) is 5.56 Å². The van der Waals surface area contributed by atoms with Gasteiger partial charge in [-0.3, -0.25) is 0 Å². The number of hydrogen-bond donors (Lipinski definition) is 2. The van der Waals surface area contributed by atoms with Gasteiger partial charge in [0, 0.05) is 13.6 Å². The molecule has 1 aromatic carbocycles.